The number of aromatic nitrogens is 2. The number of nitrogens with zero attached hydrogens (tertiary/aromatic N) is 4. The molecule has 0 radical (unpaired) electrons. The monoisotopic (exact) mass is 446 g/mol. The molecule has 164 valence electrons. The standard InChI is InChI=1S/C23H26N8S/c1-28-11-17(10-24)15-2-5-22(26)31(13-15)23(27)32-20-3-4-21-16(9-20)8-19(12-29-21)30-7-6-18(25)14-30/h2-5,8-13,18,26-27H,6-7,14,24-25H2,1H3. The first kappa shape index (κ1) is 21.8. The Hall–Kier alpha value is -3.43. The van der Waals surface area contributed by atoms with E-state index in [4.69, 9.17) is 22.3 Å². The predicted octanol–water partition coefficient (Wildman–Crippen LogP) is 2.63. The van der Waals surface area contributed by atoms with Crippen LogP contribution in [0.15, 0.2) is 64.9 Å². The van der Waals surface area contributed by atoms with Gasteiger partial charge >= 0.3 is 0 Å². The Kier molecular flexibility index (Phi) is 6.38. The molecule has 0 spiro atoms. The molecule has 1 aliphatic rings. The third-order valence-electron chi connectivity index (χ3n) is 5.39. The lowest BCUT2D eigenvalue weighted by atomic mass is 10.1. The fourth-order valence-corrected chi connectivity index (χ4v) is 4.50. The van der Waals surface area contributed by atoms with Crippen LogP contribution in [0.2, 0.25) is 0 Å². The van der Waals surface area contributed by atoms with Crippen LogP contribution in [0, 0.1) is 10.8 Å². The molecule has 1 aromatic carbocycles. The molecule has 2 aromatic heterocycles. The zero-order chi connectivity index (χ0) is 22.7. The largest absolute Gasteiger partial charge is 0.404 e. The van der Waals surface area contributed by atoms with Crippen molar-refractivity contribution in [3.8, 4) is 0 Å². The highest BCUT2D eigenvalue weighted by Gasteiger charge is 2.19. The van der Waals surface area contributed by atoms with Gasteiger partial charge in [-0.2, -0.15) is 0 Å². The third-order valence-corrected chi connectivity index (χ3v) is 6.27. The number of thioether (sulfide) groups is 1. The van der Waals surface area contributed by atoms with Crippen molar-refractivity contribution < 1.29 is 0 Å². The van der Waals surface area contributed by atoms with E-state index in [9.17, 15) is 0 Å². The molecular weight excluding hydrogens is 420 g/mol. The van der Waals surface area contributed by atoms with Gasteiger partial charge in [-0.25, -0.2) is 0 Å². The van der Waals surface area contributed by atoms with Gasteiger partial charge in [-0.05, 0) is 42.8 Å². The lowest BCUT2D eigenvalue weighted by molar-refractivity contribution is 0.752. The average molecular weight is 447 g/mol. The summed E-state index contributed by atoms with van der Waals surface area (Å²) in [6.45, 7) is 1.78. The predicted molar refractivity (Wildman–Crippen MR) is 132 cm³/mol. The molecule has 3 aromatic rings. The second-order valence-corrected chi connectivity index (χ2v) is 8.69. The van der Waals surface area contributed by atoms with Crippen LogP contribution < -0.4 is 21.9 Å². The molecule has 3 heterocycles. The summed E-state index contributed by atoms with van der Waals surface area (Å²) in [5, 5.41) is 18.1. The molecule has 0 saturated carbocycles. The number of nitrogens with one attached hydrogen (secondary N) is 2. The Morgan fingerprint density at radius 2 is 2.12 bits per heavy atom. The summed E-state index contributed by atoms with van der Waals surface area (Å²) in [6.07, 6.45) is 7.73. The van der Waals surface area contributed by atoms with E-state index in [1.54, 1.807) is 31.6 Å². The zero-order valence-electron chi connectivity index (χ0n) is 17.8. The van der Waals surface area contributed by atoms with Crippen molar-refractivity contribution in [1.29, 1.82) is 10.8 Å². The Morgan fingerprint density at radius 1 is 1.28 bits per heavy atom. The maximum absolute atomic E-state index is 8.60. The van der Waals surface area contributed by atoms with Gasteiger partial charge in [-0.15, -0.1) is 0 Å². The van der Waals surface area contributed by atoms with E-state index in [1.807, 2.05) is 24.4 Å². The summed E-state index contributed by atoms with van der Waals surface area (Å²) >= 11 is 1.29. The molecule has 0 aliphatic carbocycles. The molecule has 0 amide bonds. The summed E-state index contributed by atoms with van der Waals surface area (Å²) in [5.74, 6) is 0. The van der Waals surface area contributed by atoms with E-state index in [0.717, 1.165) is 52.1 Å². The molecule has 1 saturated heterocycles. The Labute approximate surface area is 190 Å². The van der Waals surface area contributed by atoms with E-state index >= 15 is 0 Å². The molecule has 1 unspecified atom stereocenters. The minimum absolute atomic E-state index is 0.207. The zero-order valence-corrected chi connectivity index (χ0v) is 18.6. The average Bonchev–Trinajstić information content (AvgIpc) is 3.23. The van der Waals surface area contributed by atoms with Crippen molar-refractivity contribution in [2.75, 3.05) is 25.0 Å². The van der Waals surface area contributed by atoms with Gasteiger partial charge in [0.25, 0.3) is 0 Å². The Balaban J connectivity index is 1.60. The second kappa shape index (κ2) is 9.37. The van der Waals surface area contributed by atoms with Crippen LogP contribution >= 0.6 is 11.8 Å². The summed E-state index contributed by atoms with van der Waals surface area (Å²) in [7, 11) is 1.67. The van der Waals surface area contributed by atoms with Crippen LogP contribution in [0.25, 0.3) is 16.5 Å². The van der Waals surface area contributed by atoms with Gasteiger partial charge in [-0.1, -0.05) is 11.8 Å². The number of nitrogens with two attached hydrogens (primary N) is 2. The van der Waals surface area contributed by atoms with Gasteiger partial charge in [0.15, 0.2) is 5.17 Å². The first-order chi connectivity index (χ1) is 15.5. The minimum Gasteiger partial charge on any atom is -0.404 e. The molecule has 9 heteroatoms. The number of aliphatic imine (C=N–C) groups is 1. The lowest BCUT2D eigenvalue weighted by Gasteiger charge is -2.18. The van der Waals surface area contributed by atoms with Crippen molar-refractivity contribution in [2.24, 2.45) is 16.5 Å². The van der Waals surface area contributed by atoms with Gasteiger partial charge in [-0.3, -0.25) is 25.4 Å². The van der Waals surface area contributed by atoms with Gasteiger partial charge in [0.2, 0.25) is 0 Å². The molecule has 0 bridgehead atoms. The third kappa shape index (κ3) is 4.58. The summed E-state index contributed by atoms with van der Waals surface area (Å²) in [5.41, 5.74) is 15.5. The number of pyridine rings is 2. The molecule has 6 N–H and O–H groups in total. The first-order valence-corrected chi connectivity index (χ1v) is 11.1. The van der Waals surface area contributed by atoms with Crippen molar-refractivity contribution in [2.45, 2.75) is 17.4 Å². The number of fused-ring (bicyclic) bond motifs is 1. The van der Waals surface area contributed by atoms with E-state index in [-0.39, 0.29) is 16.7 Å². The van der Waals surface area contributed by atoms with Crippen LogP contribution in [0.4, 0.5) is 5.69 Å². The fraction of sp³-hybridized carbons (Fsp3) is 0.217. The van der Waals surface area contributed by atoms with Crippen molar-refractivity contribution in [3.63, 3.8) is 0 Å². The van der Waals surface area contributed by atoms with Crippen molar-refractivity contribution >= 4 is 45.3 Å². The van der Waals surface area contributed by atoms with Crippen molar-refractivity contribution in [1.82, 2.24) is 9.55 Å². The molecular formula is C23H26N8S. The molecule has 4 rings (SSSR count). The van der Waals surface area contributed by atoms with E-state index < -0.39 is 0 Å². The summed E-state index contributed by atoms with van der Waals surface area (Å²) in [6, 6.07) is 11.7. The van der Waals surface area contributed by atoms with Crippen molar-refractivity contribution in [3.05, 3.63) is 66.0 Å². The highest BCUT2D eigenvalue weighted by molar-refractivity contribution is 8.13. The Morgan fingerprint density at radius 3 is 2.84 bits per heavy atom. The number of hydrogen-bond donors (Lipinski definition) is 4. The summed E-state index contributed by atoms with van der Waals surface area (Å²) < 4.78 is 1.53. The normalized spacial score (nSPS) is 16.9. The SMILES string of the molecule is CN=CC(=CN)c1ccc(=N)n(C(=N)Sc2ccc3ncc(N4CCC(N)C4)cc3c2)c1. The van der Waals surface area contributed by atoms with Crippen LogP contribution in [-0.2, 0) is 0 Å². The smallest absolute Gasteiger partial charge is 0.171 e. The maximum Gasteiger partial charge on any atom is 0.171 e. The summed E-state index contributed by atoms with van der Waals surface area (Å²) in [4.78, 5) is 11.8. The van der Waals surface area contributed by atoms with E-state index in [2.05, 4.69) is 20.9 Å². The Bertz CT molecular complexity index is 1280. The quantitative estimate of drug-likeness (QED) is 0.278. The van der Waals surface area contributed by atoms with Crippen LogP contribution in [0.3, 0.4) is 0 Å². The number of hydrogen-bond acceptors (Lipinski definition) is 8. The van der Waals surface area contributed by atoms with Gasteiger partial charge in [0.05, 0.1) is 17.4 Å². The number of benzene rings is 1. The first-order valence-electron chi connectivity index (χ1n) is 10.3. The number of anilines is 1. The van der Waals surface area contributed by atoms with E-state index in [1.165, 1.54) is 22.5 Å². The van der Waals surface area contributed by atoms with Gasteiger partial charge in [0.1, 0.15) is 5.49 Å². The molecule has 1 atom stereocenters. The molecule has 8 nitrogen and oxygen atoms in total. The van der Waals surface area contributed by atoms with Crippen LogP contribution in [0.5, 0.6) is 0 Å². The van der Waals surface area contributed by atoms with E-state index in [0.29, 0.717) is 0 Å². The minimum atomic E-state index is 0.207. The molecule has 1 fully saturated rings. The lowest BCUT2D eigenvalue weighted by Crippen LogP contribution is -2.26. The van der Waals surface area contributed by atoms with Crippen LogP contribution in [-0.4, -0.2) is 47.1 Å². The van der Waals surface area contributed by atoms with Gasteiger partial charge < -0.3 is 16.4 Å². The topological polar surface area (TPSA) is 133 Å². The maximum atomic E-state index is 8.60. The highest BCUT2D eigenvalue weighted by Crippen LogP contribution is 2.28. The molecule has 32 heavy (non-hydrogen) atoms. The van der Waals surface area contributed by atoms with Crippen LogP contribution in [0.1, 0.15) is 12.0 Å². The second-order valence-electron chi connectivity index (χ2n) is 7.63. The molecule has 1 aliphatic heterocycles. The number of allylic oxidation sites excluding steroid dienone is 1. The highest BCUT2D eigenvalue weighted by atomic mass is 32.2. The number of rotatable bonds is 4. The van der Waals surface area contributed by atoms with Gasteiger partial charge in [0, 0.05) is 66.2 Å². The fourth-order valence-electron chi connectivity index (χ4n) is 3.71.